The Balaban J connectivity index is -0.00000128. The van der Waals surface area contributed by atoms with E-state index in [0.717, 1.165) is 6.61 Å². The first kappa shape index (κ1) is 25.2. The number of nitrogens with zero attached hydrogens (tertiary/aromatic N) is 1. The molecule has 0 heterocycles. The van der Waals surface area contributed by atoms with Gasteiger partial charge in [0, 0.05) is 0 Å². The molecule has 0 unspecified atom stereocenters. The summed E-state index contributed by atoms with van der Waals surface area (Å²) in [6, 6.07) is 0. The van der Waals surface area contributed by atoms with Gasteiger partial charge in [0.05, 0.1) is 0 Å². The second-order valence-corrected chi connectivity index (χ2v) is 6.36. The largest absolute Gasteiger partial charge is 0.147 e. The number of halogens is 2. The molecule has 0 aromatic carbocycles. The van der Waals surface area contributed by atoms with Crippen molar-refractivity contribution in [1.82, 2.24) is 3.38 Å². The quantitative estimate of drug-likeness (QED) is 0.333. The van der Waals surface area contributed by atoms with Gasteiger partial charge in [0.1, 0.15) is 0 Å². The first-order valence-corrected chi connectivity index (χ1v) is 8.81. The minimum Gasteiger partial charge on any atom is -0.147 e. The van der Waals surface area contributed by atoms with E-state index in [4.69, 9.17) is 3.32 Å². The SMILES string of the molecule is CCCCCC[N](CCCCCC)[Ti][O]CC.Cl.Cl. The molecule has 0 aliphatic carbocycles. The Labute approximate surface area is 143 Å². The molecule has 0 radical (unpaired) electrons. The number of unbranched alkanes of at least 4 members (excludes halogenated alkanes) is 6. The molecule has 0 amide bonds. The summed E-state index contributed by atoms with van der Waals surface area (Å²) in [5, 5.41) is 0. The molecule has 0 rings (SSSR count). The van der Waals surface area contributed by atoms with Gasteiger partial charge in [-0.1, -0.05) is 0 Å². The number of rotatable bonds is 13. The molecule has 0 bridgehead atoms. The minimum atomic E-state index is -0.286. The van der Waals surface area contributed by atoms with E-state index in [1.807, 2.05) is 0 Å². The van der Waals surface area contributed by atoms with Crippen LogP contribution in [0.15, 0.2) is 0 Å². The third-order valence-electron chi connectivity index (χ3n) is 2.90. The third kappa shape index (κ3) is 19.2. The van der Waals surface area contributed by atoms with Crippen LogP contribution in [0.3, 0.4) is 0 Å². The summed E-state index contributed by atoms with van der Waals surface area (Å²) >= 11 is -0.286. The molecule has 0 aliphatic heterocycles. The van der Waals surface area contributed by atoms with Crippen LogP contribution in [0.5, 0.6) is 0 Å². The molecular weight excluding hydrogens is 317 g/mol. The van der Waals surface area contributed by atoms with Gasteiger partial charge in [0.25, 0.3) is 0 Å². The van der Waals surface area contributed by atoms with Crippen LogP contribution in [0.2, 0.25) is 0 Å². The van der Waals surface area contributed by atoms with E-state index in [1.165, 1.54) is 64.5 Å². The van der Waals surface area contributed by atoms with Gasteiger partial charge in [-0.25, -0.2) is 0 Å². The van der Waals surface area contributed by atoms with Crippen LogP contribution < -0.4 is 0 Å². The van der Waals surface area contributed by atoms with Gasteiger partial charge in [-0.05, 0) is 0 Å². The zero-order valence-electron chi connectivity index (χ0n) is 13.0. The van der Waals surface area contributed by atoms with Crippen LogP contribution in [-0.2, 0) is 23.1 Å². The van der Waals surface area contributed by atoms with E-state index in [2.05, 4.69) is 24.2 Å². The van der Waals surface area contributed by atoms with Crippen LogP contribution in [0, 0.1) is 0 Å². The zero-order chi connectivity index (χ0) is 12.8. The van der Waals surface area contributed by atoms with Gasteiger partial charge in [0.15, 0.2) is 0 Å². The summed E-state index contributed by atoms with van der Waals surface area (Å²) in [7, 11) is 0. The fourth-order valence-electron chi connectivity index (χ4n) is 1.82. The number of hydrogen-bond donors (Lipinski definition) is 0. The van der Waals surface area contributed by atoms with E-state index >= 15 is 0 Å². The monoisotopic (exact) mass is 349 g/mol. The Morgan fingerprint density at radius 1 is 0.737 bits per heavy atom. The molecule has 0 aromatic rings. The van der Waals surface area contributed by atoms with E-state index < -0.39 is 0 Å². The van der Waals surface area contributed by atoms with Crippen molar-refractivity contribution in [1.29, 1.82) is 0 Å². The summed E-state index contributed by atoms with van der Waals surface area (Å²) in [6.45, 7) is 10.1. The van der Waals surface area contributed by atoms with E-state index in [1.54, 1.807) is 0 Å². The molecule has 0 atom stereocenters. The Hall–Kier alpha value is 1.21. The predicted molar refractivity (Wildman–Crippen MR) is 86.0 cm³/mol. The normalized spacial score (nSPS) is 9.89. The van der Waals surface area contributed by atoms with Crippen molar-refractivity contribution in [2.75, 3.05) is 19.7 Å². The Kier molecular flexibility index (Phi) is 28.5. The molecule has 0 fully saturated rings. The van der Waals surface area contributed by atoms with Crippen molar-refractivity contribution < 1.29 is 23.1 Å². The van der Waals surface area contributed by atoms with Gasteiger partial charge in [-0.15, -0.1) is 24.8 Å². The summed E-state index contributed by atoms with van der Waals surface area (Å²) < 4.78 is 8.27. The molecule has 19 heavy (non-hydrogen) atoms. The van der Waals surface area contributed by atoms with Crippen LogP contribution in [-0.4, -0.2) is 23.1 Å². The topological polar surface area (TPSA) is 12.5 Å². The predicted octanol–water partition coefficient (Wildman–Crippen LogP) is 5.24. The van der Waals surface area contributed by atoms with Crippen LogP contribution in [0.4, 0.5) is 0 Å². The zero-order valence-corrected chi connectivity index (χ0v) is 16.1. The second kappa shape index (κ2) is 21.5. The Morgan fingerprint density at radius 2 is 1.21 bits per heavy atom. The van der Waals surface area contributed by atoms with Crippen molar-refractivity contribution in [2.24, 2.45) is 0 Å². The van der Waals surface area contributed by atoms with E-state index in [9.17, 15) is 0 Å². The van der Waals surface area contributed by atoms with Crippen LogP contribution >= 0.6 is 24.8 Å². The summed E-state index contributed by atoms with van der Waals surface area (Å²) in [5.74, 6) is 0. The van der Waals surface area contributed by atoms with Crippen molar-refractivity contribution in [2.45, 2.75) is 72.1 Å². The van der Waals surface area contributed by atoms with Gasteiger partial charge >= 0.3 is 118 Å². The standard InChI is InChI=1S/C12H26N.C2H5O.2ClH.Ti/c1-3-5-7-9-11-13-12-10-8-6-4-2;1-2-3;;;/h3-12H2,1-2H3;2H2,1H3;2*1H;/q2*-1;;;+2. The fraction of sp³-hybridized carbons (Fsp3) is 1.00. The second-order valence-electron chi connectivity index (χ2n) is 4.63. The number of hydrogen-bond acceptors (Lipinski definition) is 2. The van der Waals surface area contributed by atoms with E-state index in [-0.39, 0.29) is 44.6 Å². The van der Waals surface area contributed by atoms with Gasteiger partial charge in [0.2, 0.25) is 0 Å². The van der Waals surface area contributed by atoms with Crippen molar-refractivity contribution in [3.05, 3.63) is 0 Å². The van der Waals surface area contributed by atoms with Crippen LogP contribution in [0.1, 0.15) is 72.1 Å². The van der Waals surface area contributed by atoms with Crippen molar-refractivity contribution in [3.8, 4) is 0 Å². The molecule has 0 N–H and O–H groups in total. The molecule has 118 valence electrons. The molecule has 0 aromatic heterocycles. The third-order valence-corrected chi connectivity index (χ3v) is 4.66. The van der Waals surface area contributed by atoms with E-state index in [0.29, 0.717) is 0 Å². The first-order valence-electron chi connectivity index (χ1n) is 7.47. The molecule has 2 nitrogen and oxygen atoms in total. The van der Waals surface area contributed by atoms with Gasteiger partial charge in [-0.3, -0.25) is 0 Å². The summed E-state index contributed by atoms with van der Waals surface area (Å²) in [5.41, 5.74) is 0. The first-order chi connectivity index (χ1) is 8.35. The maximum absolute atomic E-state index is 5.66. The average Bonchev–Trinajstić information content (AvgIpc) is 2.35. The van der Waals surface area contributed by atoms with Gasteiger partial charge < -0.3 is 0 Å². The van der Waals surface area contributed by atoms with Crippen molar-refractivity contribution >= 4 is 24.8 Å². The molecule has 0 aliphatic rings. The fourth-order valence-corrected chi connectivity index (χ4v) is 3.08. The average molecular weight is 350 g/mol. The molecular formula is C14H33Cl2NOTi. The molecule has 5 heteroatoms. The maximum Gasteiger partial charge on any atom is -0.147 e. The minimum absolute atomic E-state index is 0. The summed E-state index contributed by atoms with van der Waals surface area (Å²) in [4.78, 5) is 0. The van der Waals surface area contributed by atoms with Gasteiger partial charge in [-0.2, -0.15) is 0 Å². The maximum atomic E-state index is 5.66. The Bertz CT molecular complexity index is 141. The molecule has 0 spiro atoms. The molecule has 0 saturated carbocycles. The van der Waals surface area contributed by atoms with Crippen LogP contribution in [0.25, 0.3) is 0 Å². The Morgan fingerprint density at radius 3 is 1.58 bits per heavy atom. The molecule has 0 saturated heterocycles. The van der Waals surface area contributed by atoms with Crippen molar-refractivity contribution in [3.63, 3.8) is 0 Å². The smallest absolute Gasteiger partial charge is 0.147 e. The summed E-state index contributed by atoms with van der Waals surface area (Å²) in [6.07, 6.45) is 10.9.